The van der Waals surface area contributed by atoms with Crippen LogP contribution in [0.2, 0.25) is 5.02 Å². The highest BCUT2D eigenvalue weighted by Crippen LogP contribution is 2.42. The number of benzene rings is 1. The highest BCUT2D eigenvalue weighted by atomic mass is 35.5. The third-order valence-corrected chi connectivity index (χ3v) is 5.49. The summed E-state index contributed by atoms with van der Waals surface area (Å²) in [6.45, 7) is 9.09. The van der Waals surface area contributed by atoms with E-state index in [9.17, 15) is 0 Å². The molecule has 0 amide bonds. The van der Waals surface area contributed by atoms with Crippen molar-refractivity contribution in [3.8, 4) is 0 Å². The maximum atomic E-state index is 6.75. The first-order chi connectivity index (χ1) is 9.22. The third-order valence-electron chi connectivity index (χ3n) is 5.09. The van der Waals surface area contributed by atoms with Crippen molar-refractivity contribution in [1.29, 1.82) is 0 Å². The smallest absolute Gasteiger partial charge is 0.0438 e. The van der Waals surface area contributed by atoms with Gasteiger partial charge in [0.15, 0.2) is 0 Å². The van der Waals surface area contributed by atoms with E-state index in [0.717, 1.165) is 29.3 Å². The number of aryl methyl sites for hydroxylation is 1. The molecule has 1 saturated carbocycles. The van der Waals surface area contributed by atoms with E-state index in [1.54, 1.807) is 0 Å². The van der Waals surface area contributed by atoms with E-state index >= 15 is 0 Å². The maximum absolute atomic E-state index is 6.75. The van der Waals surface area contributed by atoms with Crippen LogP contribution in [0.3, 0.4) is 0 Å². The predicted molar refractivity (Wildman–Crippen MR) is 88.1 cm³/mol. The van der Waals surface area contributed by atoms with Gasteiger partial charge in [-0.2, -0.15) is 0 Å². The standard InChI is InChI=1S/C18H28ClN/c1-13-7-8-15(12-16(13)19)18(20)10-5-6-14(9-11-18)17(2,3)4/h7-8,12,14H,5-6,9-11,20H2,1-4H3. The van der Waals surface area contributed by atoms with Crippen molar-refractivity contribution >= 4 is 11.6 Å². The Morgan fingerprint density at radius 3 is 2.50 bits per heavy atom. The zero-order chi connectivity index (χ0) is 15.0. The lowest BCUT2D eigenvalue weighted by Crippen LogP contribution is -2.36. The molecule has 2 unspecified atom stereocenters. The van der Waals surface area contributed by atoms with Gasteiger partial charge in [0.1, 0.15) is 0 Å². The van der Waals surface area contributed by atoms with Crippen LogP contribution in [0.1, 0.15) is 64.0 Å². The van der Waals surface area contributed by atoms with Crippen LogP contribution in [-0.4, -0.2) is 0 Å². The topological polar surface area (TPSA) is 26.0 Å². The Morgan fingerprint density at radius 1 is 1.20 bits per heavy atom. The molecule has 1 nitrogen and oxygen atoms in total. The molecule has 0 aliphatic heterocycles. The SMILES string of the molecule is Cc1ccc(C2(N)CCCC(C(C)(C)C)CC2)cc1Cl. The Kier molecular flexibility index (Phi) is 4.51. The second kappa shape index (κ2) is 5.69. The predicted octanol–water partition coefficient (Wildman–Crippen LogP) is 5.43. The van der Waals surface area contributed by atoms with Gasteiger partial charge in [-0.25, -0.2) is 0 Å². The van der Waals surface area contributed by atoms with Crippen LogP contribution >= 0.6 is 11.6 Å². The van der Waals surface area contributed by atoms with E-state index in [1.165, 1.54) is 24.8 Å². The molecule has 1 aliphatic carbocycles. The lowest BCUT2D eigenvalue weighted by Gasteiger charge is -2.32. The molecular formula is C18H28ClN. The van der Waals surface area contributed by atoms with Gasteiger partial charge in [0.05, 0.1) is 0 Å². The second-order valence-corrected chi connectivity index (χ2v) is 8.02. The molecule has 2 atom stereocenters. The van der Waals surface area contributed by atoms with Gasteiger partial charge in [0.2, 0.25) is 0 Å². The fourth-order valence-corrected chi connectivity index (χ4v) is 3.60. The fraction of sp³-hybridized carbons (Fsp3) is 0.667. The normalized spacial score (nSPS) is 28.2. The molecule has 1 fully saturated rings. The summed E-state index contributed by atoms with van der Waals surface area (Å²) in [5, 5.41) is 0.837. The maximum Gasteiger partial charge on any atom is 0.0438 e. The van der Waals surface area contributed by atoms with E-state index < -0.39 is 0 Å². The molecule has 1 aromatic carbocycles. The molecule has 1 aromatic rings. The summed E-state index contributed by atoms with van der Waals surface area (Å²) in [7, 11) is 0. The zero-order valence-corrected chi connectivity index (χ0v) is 14.1. The number of halogens is 1. The van der Waals surface area contributed by atoms with Crippen molar-refractivity contribution in [2.75, 3.05) is 0 Å². The summed E-state index contributed by atoms with van der Waals surface area (Å²) in [6.07, 6.45) is 5.85. The summed E-state index contributed by atoms with van der Waals surface area (Å²) in [5.74, 6) is 0.772. The summed E-state index contributed by atoms with van der Waals surface area (Å²) >= 11 is 6.28. The quantitative estimate of drug-likeness (QED) is 0.687. The zero-order valence-electron chi connectivity index (χ0n) is 13.3. The van der Waals surface area contributed by atoms with Crippen molar-refractivity contribution in [1.82, 2.24) is 0 Å². The van der Waals surface area contributed by atoms with Crippen LogP contribution in [-0.2, 0) is 5.54 Å². The number of rotatable bonds is 1. The number of nitrogens with two attached hydrogens (primary N) is 1. The Labute approximate surface area is 128 Å². The van der Waals surface area contributed by atoms with Crippen LogP contribution in [0.25, 0.3) is 0 Å². The molecule has 2 heteroatoms. The molecule has 0 bridgehead atoms. The summed E-state index contributed by atoms with van der Waals surface area (Å²) in [5.41, 5.74) is 9.27. The molecule has 112 valence electrons. The number of hydrogen-bond donors (Lipinski definition) is 1. The van der Waals surface area contributed by atoms with Gasteiger partial charge in [-0.15, -0.1) is 0 Å². The highest BCUT2D eigenvalue weighted by molar-refractivity contribution is 6.31. The number of hydrogen-bond acceptors (Lipinski definition) is 1. The van der Waals surface area contributed by atoms with Gasteiger partial charge in [-0.3, -0.25) is 0 Å². The summed E-state index contributed by atoms with van der Waals surface area (Å²) < 4.78 is 0. The second-order valence-electron chi connectivity index (χ2n) is 7.61. The third kappa shape index (κ3) is 3.38. The molecule has 0 aromatic heterocycles. The lowest BCUT2D eigenvalue weighted by molar-refractivity contribution is 0.211. The van der Waals surface area contributed by atoms with Gasteiger partial charge >= 0.3 is 0 Å². The van der Waals surface area contributed by atoms with E-state index in [2.05, 4.69) is 39.0 Å². The van der Waals surface area contributed by atoms with Gasteiger partial charge in [-0.1, -0.05) is 50.9 Å². The molecule has 20 heavy (non-hydrogen) atoms. The van der Waals surface area contributed by atoms with E-state index in [-0.39, 0.29) is 5.54 Å². The minimum absolute atomic E-state index is 0.197. The average molecular weight is 294 g/mol. The molecule has 0 spiro atoms. The van der Waals surface area contributed by atoms with Crippen LogP contribution < -0.4 is 5.73 Å². The van der Waals surface area contributed by atoms with E-state index in [4.69, 9.17) is 17.3 Å². The van der Waals surface area contributed by atoms with Crippen molar-refractivity contribution < 1.29 is 0 Å². The van der Waals surface area contributed by atoms with Crippen molar-refractivity contribution in [3.05, 3.63) is 34.3 Å². The first-order valence-corrected chi connectivity index (χ1v) is 8.16. The van der Waals surface area contributed by atoms with Crippen LogP contribution in [0.15, 0.2) is 18.2 Å². The van der Waals surface area contributed by atoms with Crippen molar-refractivity contribution in [3.63, 3.8) is 0 Å². The van der Waals surface area contributed by atoms with Gasteiger partial charge in [0.25, 0.3) is 0 Å². The Balaban J connectivity index is 2.20. The van der Waals surface area contributed by atoms with Gasteiger partial charge in [0, 0.05) is 10.6 Å². The minimum Gasteiger partial charge on any atom is -0.321 e. The van der Waals surface area contributed by atoms with Gasteiger partial charge < -0.3 is 5.73 Å². The molecule has 0 heterocycles. The monoisotopic (exact) mass is 293 g/mol. The van der Waals surface area contributed by atoms with E-state index in [1.807, 2.05) is 6.92 Å². The Bertz CT molecular complexity index is 475. The molecule has 2 rings (SSSR count). The first-order valence-electron chi connectivity index (χ1n) is 7.78. The first kappa shape index (κ1) is 15.9. The fourth-order valence-electron chi connectivity index (χ4n) is 3.42. The largest absolute Gasteiger partial charge is 0.321 e. The summed E-state index contributed by atoms with van der Waals surface area (Å²) in [6, 6.07) is 6.34. The highest BCUT2D eigenvalue weighted by Gasteiger charge is 2.34. The van der Waals surface area contributed by atoms with Crippen molar-refractivity contribution in [2.24, 2.45) is 17.1 Å². The lowest BCUT2D eigenvalue weighted by atomic mass is 9.75. The van der Waals surface area contributed by atoms with Gasteiger partial charge in [-0.05, 0) is 61.1 Å². The van der Waals surface area contributed by atoms with Crippen LogP contribution in [0, 0.1) is 18.3 Å². The molecule has 1 aliphatic rings. The molecule has 0 saturated heterocycles. The minimum atomic E-state index is -0.197. The van der Waals surface area contributed by atoms with E-state index in [0.29, 0.717) is 5.41 Å². The molecule has 0 radical (unpaired) electrons. The Morgan fingerprint density at radius 2 is 1.90 bits per heavy atom. The molecular weight excluding hydrogens is 266 g/mol. The van der Waals surface area contributed by atoms with Crippen molar-refractivity contribution in [2.45, 2.75) is 65.3 Å². The average Bonchev–Trinajstić information content (AvgIpc) is 2.55. The van der Waals surface area contributed by atoms with Crippen LogP contribution in [0.4, 0.5) is 0 Å². The summed E-state index contributed by atoms with van der Waals surface area (Å²) in [4.78, 5) is 0. The Hall–Kier alpha value is -0.530. The molecule has 2 N–H and O–H groups in total. The van der Waals surface area contributed by atoms with Crippen LogP contribution in [0.5, 0.6) is 0 Å².